The average molecular weight is 145 g/mol. The molecule has 0 bridgehead atoms. The van der Waals surface area contributed by atoms with Crippen LogP contribution in [-0.4, -0.2) is 19.1 Å². The van der Waals surface area contributed by atoms with Crippen molar-refractivity contribution in [3.05, 3.63) is 0 Å². The molecule has 0 aromatic rings. The summed E-state index contributed by atoms with van der Waals surface area (Å²) in [5.74, 6) is 5.84. The van der Waals surface area contributed by atoms with Crippen molar-refractivity contribution >= 4 is 0 Å². The van der Waals surface area contributed by atoms with Gasteiger partial charge in [0.05, 0.1) is 0 Å². The Labute approximate surface area is 63.3 Å². The Kier molecular flexibility index (Phi) is 5.58. The van der Waals surface area contributed by atoms with Crippen LogP contribution in [-0.2, 0) is 0 Å². The van der Waals surface area contributed by atoms with Crippen molar-refractivity contribution in [2.24, 2.45) is 11.8 Å². The van der Waals surface area contributed by atoms with Gasteiger partial charge in [-0.2, -0.15) is 0 Å². The lowest BCUT2D eigenvalue weighted by molar-refractivity contribution is 0.389. The van der Waals surface area contributed by atoms with Gasteiger partial charge in [0, 0.05) is 12.6 Å². The molecule has 62 valence electrons. The second kappa shape index (κ2) is 5.65. The minimum atomic E-state index is 0.495. The molecule has 4 N–H and O–H groups in total. The molecule has 0 heterocycles. The molecule has 0 aliphatic rings. The summed E-state index contributed by atoms with van der Waals surface area (Å²) in [6.07, 6.45) is 0. The van der Waals surface area contributed by atoms with E-state index in [9.17, 15) is 0 Å². The van der Waals surface area contributed by atoms with Crippen molar-refractivity contribution in [3.8, 4) is 0 Å². The fourth-order valence-corrected chi connectivity index (χ4v) is 0.933. The maximum atomic E-state index is 5.21. The van der Waals surface area contributed by atoms with Crippen LogP contribution in [0.25, 0.3) is 0 Å². The molecule has 0 spiro atoms. The standard InChI is InChI=1S/C7H19N3/c1-4-9-7(5-10-8)6(2)3/h6-7,9-10H,4-5,8H2,1-3H3. The lowest BCUT2D eigenvalue weighted by atomic mass is 10.1. The first-order valence-electron chi connectivity index (χ1n) is 3.89. The largest absolute Gasteiger partial charge is 0.313 e. The molecule has 0 radical (unpaired) electrons. The molecule has 0 amide bonds. The van der Waals surface area contributed by atoms with E-state index < -0.39 is 0 Å². The molecule has 0 fully saturated rings. The third-order valence-corrected chi connectivity index (χ3v) is 1.61. The monoisotopic (exact) mass is 145 g/mol. The Balaban J connectivity index is 3.50. The van der Waals surface area contributed by atoms with Crippen LogP contribution in [0.4, 0.5) is 0 Å². The number of hydrogen-bond acceptors (Lipinski definition) is 3. The van der Waals surface area contributed by atoms with Gasteiger partial charge >= 0.3 is 0 Å². The van der Waals surface area contributed by atoms with E-state index in [1.165, 1.54) is 0 Å². The van der Waals surface area contributed by atoms with Crippen LogP contribution >= 0.6 is 0 Å². The first kappa shape index (κ1) is 9.88. The number of hydrazine groups is 1. The molecule has 0 aliphatic carbocycles. The molecular formula is C7H19N3. The van der Waals surface area contributed by atoms with Gasteiger partial charge in [-0.25, -0.2) is 0 Å². The van der Waals surface area contributed by atoms with E-state index in [0.717, 1.165) is 13.1 Å². The third kappa shape index (κ3) is 3.82. The number of nitrogens with one attached hydrogen (secondary N) is 2. The van der Waals surface area contributed by atoms with Gasteiger partial charge in [0.15, 0.2) is 0 Å². The van der Waals surface area contributed by atoms with E-state index >= 15 is 0 Å². The topological polar surface area (TPSA) is 50.1 Å². The quantitative estimate of drug-likeness (QED) is 0.379. The molecule has 1 atom stereocenters. The first-order chi connectivity index (χ1) is 4.72. The molecule has 0 aromatic heterocycles. The van der Waals surface area contributed by atoms with Gasteiger partial charge in [0.25, 0.3) is 0 Å². The summed E-state index contributed by atoms with van der Waals surface area (Å²) in [5.41, 5.74) is 2.67. The number of hydrogen-bond donors (Lipinski definition) is 3. The minimum absolute atomic E-state index is 0.495. The Hall–Kier alpha value is -0.120. The zero-order chi connectivity index (χ0) is 7.98. The van der Waals surface area contributed by atoms with Crippen molar-refractivity contribution in [3.63, 3.8) is 0 Å². The fraction of sp³-hybridized carbons (Fsp3) is 1.00. The third-order valence-electron chi connectivity index (χ3n) is 1.61. The van der Waals surface area contributed by atoms with Crippen molar-refractivity contribution < 1.29 is 0 Å². The molecule has 0 aliphatic heterocycles. The Bertz CT molecular complexity index is 67.3. The van der Waals surface area contributed by atoms with E-state index in [1.54, 1.807) is 0 Å². The Morgan fingerprint density at radius 1 is 1.40 bits per heavy atom. The lowest BCUT2D eigenvalue weighted by Gasteiger charge is -2.20. The first-order valence-corrected chi connectivity index (χ1v) is 3.89. The van der Waals surface area contributed by atoms with Crippen LogP contribution in [0.2, 0.25) is 0 Å². The number of rotatable bonds is 5. The minimum Gasteiger partial charge on any atom is -0.313 e. The van der Waals surface area contributed by atoms with Crippen LogP contribution in [0.3, 0.4) is 0 Å². The molecule has 3 heteroatoms. The Morgan fingerprint density at radius 3 is 2.30 bits per heavy atom. The summed E-state index contributed by atoms with van der Waals surface area (Å²) in [5, 5.41) is 3.34. The summed E-state index contributed by atoms with van der Waals surface area (Å²) < 4.78 is 0. The van der Waals surface area contributed by atoms with E-state index in [1.807, 2.05) is 0 Å². The highest BCUT2D eigenvalue weighted by Crippen LogP contribution is 1.98. The summed E-state index contributed by atoms with van der Waals surface area (Å²) in [6, 6.07) is 0.495. The van der Waals surface area contributed by atoms with Gasteiger partial charge < -0.3 is 5.32 Å². The predicted molar refractivity (Wildman–Crippen MR) is 44.5 cm³/mol. The van der Waals surface area contributed by atoms with E-state index in [-0.39, 0.29) is 0 Å². The second-order valence-electron chi connectivity index (χ2n) is 2.82. The average Bonchev–Trinajstić information content (AvgIpc) is 1.87. The van der Waals surface area contributed by atoms with Gasteiger partial charge in [-0.3, -0.25) is 11.3 Å². The van der Waals surface area contributed by atoms with Crippen LogP contribution in [0, 0.1) is 5.92 Å². The highest BCUT2D eigenvalue weighted by molar-refractivity contribution is 4.70. The van der Waals surface area contributed by atoms with Gasteiger partial charge in [0.1, 0.15) is 0 Å². The summed E-state index contributed by atoms with van der Waals surface area (Å²) in [6.45, 7) is 8.32. The molecule has 0 saturated heterocycles. The number of nitrogens with two attached hydrogens (primary N) is 1. The SMILES string of the molecule is CCNC(CNN)C(C)C. The normalized spacial score (nSPS) is 14.1. The van der Waals surface area contributed by atoms with Crippen molar-refractivity contribution in [2.45, 2.75) is 26.8 Å². The smallest absolute Gasteiger partial charge is 0.0254 e. The van der Waals surface area contributed by atoms with Crippen molar-refractivity contribution in [1.29, 1.82) is 0 Å². The van der Waals surface area contributed by atoms with E-state index in [0.29, 0.717) is 12.0 Å². The second-order valence-corrected chi connectivity index (χ2v) is 2.82. The van der Waals surface area contributed by atoms with E-state index in [2.05, 4.69) is 31.5 Å². The molecule has 0 saturated carbocycles. The summed E-state index contributed by atoms with van der Waals surface area (Å²) in [7, 11) is 0. The maximum Gasteiger partial charge on any atom is 0.0254 e. The van der Waals surface area contributed by atoms with Gasteiger partial charge in [-0.05, 0) is 12.5 Å². The van der Waals surface area contributed by atoms with Crippen LogP contribution in [0.15, 0.2) is 0 Å². The molecule has 0 aromatic carbocycles. The zero-order valence-corrected chi connectivity index (χ0v) is 7.15. The Morgan fingerprint density at radius 2 is 2.00 bits per heavy atom. The molecule has 0 rings (SSSR count). The highest BCUT2D eigenvalue weighted by atomic mass is 15.2. The van der Waals surface area contributed by atoms with Crippen LogP contribution in [0.5, 0.6) is 0 Å². The number of likely N-dealkylation sites (N-methyl/N-ethyl adjacent to an activating group) is 1. The van der Waals surface area contributed by atoms with Gasteiger partial charge in [-0.1, -0.05) is 20.8 Å². The highest BCUT2D eigenvalue weighted by Gasteiger charge is 2.09. The van der Waals surface area contributed by atoms with Gasteiger partial charge in [0.2, 0.25) is 0 Å². The van der Waals surface area contributed by atoms with Crippen LogP contribution in [0.1, 0.15) is 20.8 Å². The van der Waals surface area contributed by atoms with E-state index in [4.69, 9.17) is 5.84 Å². The maximum absolute atomic E-state index is 5.21. The van der Waals surface area contributed by atoms with Crippen molar-refractivity contribution in [2.75, 3.05) is 13.1 Å². The molecule has 10 heavy (non-hydrogen) atoms. The summed E-state index contributed by atoms with van der Waals surface area (Å²) in [4.78, 5) is 0. The predicted octanol–water partition coefficient (Wildman–Crippen LogP) is 0.0838. The summed E-state index contributed by atoms with van der Waals surface area (Å²) >= 11 is 0. The zero-order valence-electron chi connectivity index (χ0n) is 7.15. The van der Waals surface area contributed by atoms with Crippen LogP contribution < -0.4 is 16.6 Å². The van der Waals surface area contributed by atoms with Gasteiger partial charge in [-0.15, -0.1) is 0 Å². The molecular weight excluding hydrogens is 126 g/mol. The lowest BCUT2D eigenvalue weighted by Crippen LogP contribution is -2.44. The molecule has 1 unspecified atom stereocenters. The molecule has 3 nitrogen and oxygen atoms in total. The van der Waals surface area contributed by atoms with Crippen molar-refractivity contribution in [1.82, 2.24) is 10.7 Å². The fourth-order valence-electron chi connectivity index (χ4n) is 0.933.